The number of hydrogen-bond acceptors (Lipinski definition) is 4. The highest BCUT2D eigenvalue weighted by Crippen LogP contribution is 2.16. The number of carbonyl (C=O) groups is 1. The summed E-state index contributed by atoms with van der Waals surface area (Å²) in [5.41, 5.74) is 1.43. The SMILES string of the molecule is COc1ccc(C(=O)Nc2ccc(NC(C)(C)C)cn2)cc1. The molecule has 1 aromatic carbocycles. The lowest BCUT2D eigenvalue weighted by molar-refractivity contribution is 0.102. The zero-order valence-corrected chi connectivity index (χ0v) is 13.3. The Morgan fingerprint density at radius 1 is 1.09 bits per heavy atom. The molecule has 0 atom stereocenters. The van der Waals surface area contributed by atoms with E-state index in [-0.39, 0.29) is 11.4 Å². The highest BCUT2D eigenvalue weighted by Gasteiger charge is 2.10. The molecule has 0 spiro atoms. The number of pyridine rings is 1. The van der Waals surface area contributed by atoms with E-state index in [9.17, 15) is 4.79 Å². The van der Waals surface area contributed by atoms with E-state index in [2.05, 4.69) is 36.4 Å². The molecule has 0 fully saturated rings. The van der Waals surface area contributed by atoms with E-state index in [1.165, 1.54) is 0 Å². The minimum Gasteiger partial charge on any atom is -0.497 e. The summed E-state index contributed by atoms with van der Waals surface area (Å²) in [6.07, 6.45) is 1.70. The van der Waals surface area contributed by atoms with Crippen LogP contribution in [0.5, 0.6) is 5.75 Å². The predicted octanol–water partition coefficient (Wildman–Crippen LogP) is 3.55. The van der Waals surface area contributed by atoms with Gasteiger partial charge in [0.25, 0.3) is 5.91 Å². The molecule has 0 saturated carbocycles. The third kappa shape index (κ3) is 4.48. The fourth-order valence-electron chi connectivity index (χ4n) is 1.91. The van der Waals surface area contributed by atoms with Crippen molar-refractivity contribution in [3.8, 4) is 5.75 Å². The van der Waals surface area contributed by atoms with Gasteiger partial charge in [-0.2, -0.15) is 0 Å². The summed E-state index contributed by atoms with van der Waals surface area (Å²) in [5.74, 6) is 1.03. The van der Waals surface area contributed by atoms with Gasteiger partial charge in [-0.15, -0.1) is 0 Å². The number of anilines is 2. The second kappa shape index (κ2) is 6.47. The number of aromatic nitrogens is 1. The van der Waals surface area contributed by atoms with Crippen LogP contribution < -0.4 is 15.4 Å². The molecule has 0 radical (unpaired) electrons. The van der Waals surface area contributed by atoms with Gasteiger partial charge in [0, 0.05) is 11.1 Å². The van der Waals surface area contributed by atoms with Gasteiger partial charge in [0.15, 0.2) is 0 Å². The van der Waals surface area contributed by atoms with Crippen LogP contribution in [0, 0.1) is 0 Å². The van der Waals surface area contributed by atoms with Crippen molar-refractivity contribution in [2.45, 2.75) is 26.3 Å². The molecule has 0 unspecified atom stereocenters. The zero-order valence-electron chi connectivity index (χ0n) is 13.3. The molecule has 0 saturated heterocycles. The molecule has 5 nitrogen and oxygen atoms in total. The van der Waals surface area contributed by atoms with Crippen molar-refractivity contribution in [3.63, 3.8) is 0 Å². The van der Waals surface area contributed by atoms with E-state index < -0.39 is 0 Å². The first-order valence-corrected chi connectivity index (χ1v) is 7.07. The number of ether oxygens (including phenoxy) is 1. The van der Waals surface area contributed by atoms with Gasteiger partial charge in [-0.05, 0) is 57.2 Å². The molecule has 0 aliphatic rings. The van der Waals surface area contributed by atoms with E-state index in [1.54, 1.807) is 43.6 Å². The van der Waals surface area contributed by atoms with Gasteiger partial charge >= 0.3 is 0 Å². The van der Waals surface area contributed by atoms with E-state index in [0.717, 1.165) is 5.69 Å². The number of carbonyl (C=O) groups excluding carboxylic acids is 1. The standard InChI is InChI=1S/C17H21N3O2/c1-17(2,3)20-13-7-10-15(18-11-13)19-16(21)12-5-8-14(22-4)9-6-12/h5-11,20H,1-4H3,(H,18,19,21). The molecule has 0 aliphatic heterocycles. The second-order valence-electron chi connectivity index (χ2n) is 5.99. The lowest BCUT2D eigenvalue weighted by Crippen LogP contribution is -2.26. The highest BCUT2D eigenvalue weighted by atomic mass is 16.5. The van der Waals surface area contributed by atoms with E-state index in [1.807, 2.05) is 6.07 Å². The lowest BCUT2D eigenvalue weighted by atomic mass is 10.1. The summed E-state index contributed by atoms with van der Waals surface area (Å²) in [6.45, 7) is 6.23. The van der Waals surface area contributed by atoms with Crippen LogP contribution in [-0.2, 0) is 0 Å². The normalized spacial score (nSPS) is 10.9. The number of benzene rings is 1. The van der Waals surface area contributed by atoms with Crippen molar-refractivity contribution in [2.75, 3.05) is 17.7 Å². The summed E-state index contributed by atoms with van der Waals surface area (Å²) in [7, 11) is 1.59. The van der Waals surface area contributed by atoms with Crippen molar-refractivity contribution in [1.82, 2.24) is 4.98 Å². The van der Waals surface area contributed by atoms with Crippen LogP contribution in [0.3, 0.4) is 0 Å². The van der Waals surface area contributed by atoms with Gasteiger partial charge in [-0.3, -0.25) is 4.79 Å². The Balaban J connectivity index is 2.02. The van der Waals surface area contributed by atoms with E-state index >= 15 is 0 Å². The van der Waals surface area contributed by atoms with Crippen LogP contribution >= 0.6 is 0 Å². The molecule has 22 heavy (non-hydrogen) atoms. The summed E-state index contributed by atoms with van der Waals surface area (Å²) in [6, 6.07) is 10.6. The summed E-state index contributed by atoms with van der Waals surface area (Å²) in [5, 5.41) is 6.08. The zero-order chi connectivity index (χ0) is 16.2. The first kappa shape index (κ1) is 15.8. The molecular formula is C17H21N3O2. The van der Waals surface area contributed by atoms with Crippen LogP contribution in [0.4, 0.5) is 11.5 Å². The molecule has 1 amide bonds. The molecule has 1 aromatic heterocycles. The van der Waals surface area contributed by atoms with Gasteiger partial charge in [-0.1, -0.05) is 0 Å². The number of methoxy groups -OCH3 is 1. The quantitative estimate of drug-likeness (QED) is 0.906. The van der Waals surface area contributed by atoms with Crippen LogP contribution in [0.25, 0.3) is 0 Å². The molecular weight excluding hydrogens is 278 g/mol. The molecule has 0 aliphatic carbocycles. The minimum absolute atomic E-state index is 0.0322. The molecule has 2 N–H and O–H groups in total. The van der Waals surface area contributed by atoms with Crippen molar-refractivity contribution < 1.29 is 9.53 Å². The summed E-state index contributed by atoms with van der Waals surface area (Å²) >= 11 is 0. The van der Waals surface area contributed by atoms with Crippen molar-refractivity contribution in [1.29, 1.82) is 0 Å². The molecule has 0 bridgehead atoms. The number of amides is 1. The average molecular weight is 299 g/mol. The molecule has 2 aromatic rings. The number of nitrogens with zero attached hydrogens (tertiary/aromatic N) is 1. The fourth-order valence-corrected chi connectivity index (χ4v) is 1.91. The van der Waals surface area contributed by atoms with Crippen LogP contribution in [0.1, 0.15) is 31.1 Å². The smallest absolute Gasteiger partial charge is 0.256 e. The Hall–Kier alpha value is -2.56. The maximum Gasteiger partial charge on any atom is 0.256 e. The lowest BCUT2D eigenvalue weighted by Gasteiger charge is -2.21. The van der Waals surface area contributed by atoms with Crippen LogP contribution in [-0.4, -0.2) is 23.5 Å². The van der Waals surface area contributed by atoms with Gasteiger partial charge in [0.2, 0.25) is 0 Å². The number of rotatable bonds is 4. The molecule has 2 rings (SSSR count). The maximum atomic E-state index is 12.1. The first-order valence-electron chi connectivity index (χ1n) is 7.07. The summed E-state index contributed by atoms with van der Waals surface area (Å²) in [4.78, 5) is 16.4. The fraction of sp³-hybridized carbons (Fsp3) is 0.294. The maximum absolute atomic E-state index is 12.1. The molecule has 5 heteroatoms. The third-order valence-corrected chi connectivity index (χ3v) is 2.88. The highest BCUT2D eigenvalue weighted by molar-refractivity contribution is 6.03. The Morgan fingerprint density at radius 3 is 2.27 bits per heavy atom. The van der Waals surface area contributed by atoms with Crippen molar-refractivity contribution in [2.24, 2.45) is 0 Å². The Bertz CT molecular complexity index is 628. The van der Waals surface area contributed by atoms with E-state index in [0.29, 0.717) is 17.1 Å². The first-order chi connectivity index (χ1) is 10.4. The van der Waals surface area contributed by atoms with Gasteiger partial charge in [-0.25, -0.2) is 4.98 Å². The summed E-state index contributed by atoms with van der Waals surface area (Å²) < 4.78 is 5.07. The Kier molecular flexibility index (Phi) is 4.65. The largest absolute Gasteiger partial charge is 0.497 e. The van der Waals surface area contributed by atoms with Gasteiger partial charge < -0.3 is 15.4 Å². The Morgan fingerprint density at radius 2 is 1.77 bits per heavy atom. The predicted molar refractivity (Wildman–Crippen MR) is 88.6 cm³/mol. The minimum atomic E-state index is -0.202. The third-order valence-electron chi connectivity index (χ3n) is 2.88. The second-order valence-corrected chi connectivity index (χ2v) is 5.99. The van der Waals surface area contributed by atoms with Gasteiger partial charge in [0.1, 0.15) is 11.6 Å². The van der Waals surface area contributed by atoms with Crippen molar-refractivity contribution in [3.05, 3.63) is 48.2 Å². The average Bonchev–Trinajstić information content (AvgIpc) is 2.48. The van der Waals surface area contributed by atoms with Crippen LogP contribution in [0.15, 0.2) is 42.6 Å². The van der Waals surface area contributed by atoms with Gasteiger partial charge in [0.05, 0.1) is 19.0 Å². The van der Waals surface area contributed by atoms with Crippen molar-refractivity contribution >= 4 is 17.4 Å². The van der Waals surface area contributed by atoms with Crippen LogP contribution in [0.2, 0.25) is 0 Å². The molecule has 116 valence electrons. The monoisotopic (exact) mass is 299 g/mol. The number of hydrogen-bond donors (Lipinski definition) is 2. The number of nitrogens with one attached hydrogen (secondary N) is 2. The molecule has 1 heterocycles. The topological polar surface area (TPSA) is 63.2 Å². The Labute approximate surface area is 130 Å². The van der Waals surface area contributed by atoms with E-state index in [4.69, 9.17) is 4.74 Å².